The summed E-state index contributed by atoms with van der Waals surface area (Å²) in [6.07, 6.45) is 8.39. The molecular formula is C29H32F3N3. The van der Waals surface area contributed by atoms with Gasteiger partial charge in [-0.2, -0.15) is 0 Å². The molecule has 3 heterocycles. The molecule has 184 valence electrons. The number of pyridine rings is 1. The molecule has 0 spiro atoms. The lowest BCUT2D eigenvalue weighted by Gasteiger charge is -2.28. The summed E-state index contributed by atoms with van der Waals surface area (Å²) in [5.74, 6) is -0.953. The third kappa shape index (κ3) is 4.75. The molecular weight excluding hydrogens is 447 g/mol. The smallest absolute Gasteiger partial charge is 0.151 e. The van der Waals surface area contributed by atoms with Crippen LogP contribution in [-0.4, -0.2) is 28.0 Å². The first-order valence-electron chi connectivity index (χ1n) is 12.6. The average molecular weight is 480 g/mol. The Labute approximate surface area is 204 Å². The predicted molar refractivity (Wildman–Crippen MR) is 135 cm³/mol. The average Bonchev–Trinajstić information content (AvgIpc) is 3.44. The van der Waals surface area contributed by atoms with E-state index in [0.717, 1.165) is 35.8 Å². The zero-order valence-electron chi connectivity index (χ0n) is 20.4. The van der Waals surface area contributed by atoms with Gasteiger partial charge in [0.1, 0.15) is 17.3 Å². The molecule has 5 rings (SSSR count). The summed E-state index contributed by atoms with van der Waals surface area (Å²) in [6.45, 7) is 9.52. The molecule has 1 saturated carbocycles. The Bertz CT molecular complexity index is 1280. The van der Waals surface area contributed by atoms with E-state index in [2.05, 4.69) is 28.4 Å². The van der Waals surface area contributed by atoms with Crippen molar-refractivity contribution in [1.29, 1.82) is 0 Å². The van der Waals surface area contributed by atoms with Crippen LogP contribution < -0.4 is 0 Å². The van der Waals surface area contributed by atoms with Crippen LogP contribution in [0.2, 0.25) is 0 Å². The van der Waals surface area contributed by atoms with E-state index in [9.17, 15) is 0 Å². The van der Waals surface area contributed by atoms with Gasteiger partial charge in [0, 0.05) is 30.5 Å². The molecule has 1 fully saturated rings. The molecule has 2 unspecified atom stereocenters. The van der Waals surface area contributed by atoms with Crippen LogP contribution in [0, 0.1) is 29.3 Å². The lowest BCUT2D eigenvalue weighted by Crippen LogP contribution is -2.26. The number of nitrogens with one attached hydrogen (secondary N) is 1. The van der Waals surface area contributed by atoms with Crippen molar-refractivity contribution < 1.29 is 13.2 Å². The Morgan fingerprint density at radius 2 is 1.83 bits per heavy atom. The molecule has 0 bridgehead atoms. The van der Waals surface area contributed by atoms with Gasteiger partial charge in [-0.3, -0.25) is 0 Å². The highest BCUT2D eigenvalue weighted by molar-refractivity contribution is 5.81. The first-order chi connectivity index (χ1) is 16.8. The summed E-state index contributed by atoms with van der Waals surface area (Å²) in [5.41, 5.74) is 3.69. The maximum Gasteiger partial charge on any atom is 0.151 e. The second-order valence-corrected chi connectivity index (χ2v) is 10.2. The summed E-state index contributed by atoms with van der Waals surface area (Å²) in [7, 11) is 0. The minimum Gasteiger partial charge on any atom is -0.371 e. The van der Waals surface area contributed by atoms with Crippen LogP contribution >= 0.6 is 0 Å². The van der Waals surface area contributed by atoms with E-state index >= 15 is 13.2 Å². The summed E-state index contributed by atoms with van der Waals surface area (Å²) in [4.78, 5) is 9.72. The molecule has 1 aromatic carbocycles. The molecule has 35 heavy (non-hydrogen) atoms. The van der Waals surface area contributed by atoms with E-state index in [0.29, 0.717) is 35.5 Å². The van der Waals surface area contributed by atoms with Crippen molar-refractivity contribution in [1.82, 2.24) is 14.9 Å². The first-order valence-corrected chi connectivity index (χ1v) is 12.6. The second kappa shape index (κ2) is 9.56. The van der Waals surface area contributed by atoms with Crippen LogP contribution in [0.5, 0.6) is 0 Å². The molecule has 2 aromatic heterocycles. The maximum absolute atomic E-state index is 15.2. The number of benzene rings is 1. The summed E-state index contributed by atoms with van der Waals surface area (Å²) < 4.78 is 45.4. The number of aromatic nitrogens is 2. The van der Waals surface area contributed by atoms with Gasteiger partial charge < -0.3 is 9.88 Å². The Morgan fingerprint density at radius 3 is 2.46 bits per heavy atom. The van der Waals surface area contributed by atoms with Crippen LogP contribution in [0.15, 0.2) is 42.6 Å². The number of H-pyrrole nitrogens is 1. The molecule has 1 N–H and O–H groups in total. The quantitative estimate of drug-likeness (QED) is 0.394. The zero-order valence-corrected chi connectivity index (χ0v) is 20.4. The lowest BCUT2D eigenvalue weighted by molar-refractivity contribution is 0.381. The summed E-state index contributed by atoms with van der Waals surface area (Å²) in [5, 5.41) is 0. The number of allylic oxidation sites excluding steroid dienone is 1. The van der Waals surface area contributed by atoms with Gasteiger partial charge in [0.25, 0.3) is 0 Å². The van der Waals surface area contributed by atoms with Crippen LogP contribution in [0.4, 0.5) is 13.2 Å². The Hall–Kier alpha value is -3.02. The molecule has 3 aromatic rings. The lowest BCUT2D eigenvalue weighted by atomic mass is 9.96. The van der Waals surface area contributed by atoms with E-state index in [1.807, 2.05) is 19.1 Å². The maximum atomic E-state index is 15.2. The van der Waals surface area contributed by atoms with Gasteiger partial charge in [-0.25, -0.2) is 18.2 Å². The van der Waals surface area contributed by atoms with Gasteiger partial charge in [0.2, 0.25) is 0 Å². The molecule has 0 radical (unpaired) electrons. The number of halogens is 3. The van der Waals surface area contributed by atoms with Crippen molar-refractivity contribution in [3.8, 4) is 11.3 Å². The number of aromatic amines is 1. The van der Waals surface area contributed by atoms with Gasteiger partial charge >= 0.3 is 0 Å². The third-order valence-electron chi connectivity index (χ3n) is 7.75. The number of fused-ring (bicyclic) bond motifs is 1. The van der Waals surface area contributed by atoms with Gasteiger partial charge in [0.15, 0.2) is 5.82 Å². The van der Waals surface area contributed by atoms with Crippen LogP contribution in [-0.2, 0) is 6.42 Å². The second-order valence-electron chi connectivity index (χ2n) is 10.2. The van der Waals surface area contributed by atoms with Crippen LogP contribution in [0.1, 0.15) is 57.2 Å². The largest absolute Gasteiger partial charge is 0.371 e. The van der Waals surface area contributed by atoms with Crippen molar-refractivity contribution in [2.45, 2.75) is 52.4 Å². The SMILES string of the molecule is C=C(C)N1CC=C(c2cc(F)c(-c3nc4cc(CC5CCC(CC)C5)[nH]c4cc3F)c(F)c2)CC1. The normalized spacial score (nSPS) is 20.5. The standard InChI is InChI=1S/C29H32F3N3/c1-4-18-5-6-19(11-18)12-22-15-26-27(33-22)16-25(32)29(34-26)28-23(30)13-21(14-24(28)31)20-7-9-35(10-8-20)17(2)3/h7,13-16,18-19,33H,2,4-6,8-12H2,1,3H3. The van der Waals surface area contributed by atoms with Gasteiger partial charge in [0.05, 0.1) is 16.6 Å². The molecule has 1 aliphatic carbocycles. The van der Waals surface area contributed by atoms with Gasteiger partial charge in [-0.1, -0.05) is 32.4 Å². The van der Waals surface area contributed by atoms with E-state index in [1.54, 1.807) is 0 Å². The molecule has 0 saturated heterocycles. The molecule has 0 amide bonds. The highest BCUT2D eigenvalue weighted by Gasteiger charge is 2.25. The van der Waals surface area contributed by atoms with Crippen molar-refractivity contribution in [2.24, 2.45) is 11.8 Å². The fraction of sp³-hybridized carbons (Fsp3) is 0.414. The topological polar surface area (TPSA) is 31.9 Å². The Kier molecular flexibility index (Phi) is 6.47. The van der Waals surface area contributed by atoms with Crippen molar-refractivity contribution in [2.75, 3.05) is 13.1 Å². The Balaban J connectivity index is 1.42. The summed E-state index contributed by atoms with van der Waals surface area (Å²) >= 11 is 0. The fourth-order valence-electron chi connectivity index (χ4n) is 5.68. The minimum atomic E-state index is -0.804. The highest BCUT2D eigenvalue weighted by atomic mass is 19.1. The van der Waals surface area contributed by atoms with E-state index in [4.69, 9.17) is 0 Å². The number of hydrogen-bond donors (Lipinski definition) is 1. The third-order valence-corrected chi connectivity index (χ3v) is 7.75. The molecule has 6 heteroatoms. The number of hydrogen-bond acceptors (Lipinski definition) is 2. The monoisotopic (exact) mass is 479 g/mol. The van der Waals surface area contributed by atoms with E-state index in [-0.39, 0.29) is 5.69 Å². The van der Waals surface area contributed by atoms with Crippen LogP contribution in [0.25, 0.3) is 27.9 Å². The van der Waals surface area contributed by atoms with Gasteiger partial charge in [-0.15, -0.1) is 0 Å². The highest BCUT2D eigenvalue weighted by Crippen LogP contribution is 2.36. The fourth-order valence-corrected chi connectivity index (χ4v) is 5.68. The number of rotatable bonds is 6. The zero-order chi connectivity index (χ0) is 24.7. The van der Waals surface area contributed by atoms with Crippen LogP contribution in [0.3, 0.4) is 0 Å². The Morgan fingerprint density at radius 1 is 1.09 bits per heavy atom. The summed E-state index contributed by atoms with van der Waals surface area (Å²) in [6, 6.07) is 5.77. The number of nitrogens with zero attached hydrogens (tertiary/aromatic N) is 2. The molecule has 3 nitrogen and oxygen atoms in total. The minimum absolute atomic E-state index is 0.289. The van der Waals surface area contributed by atoms with Crippen molar-refractivity contribution >= 4 is 16.6 Å². The molecule has 2 atom stereocenters. The van der Waals surface area contributed by atoms with Crippen molar-refractivity contribution in [3.63, 3.8) is 0 Å². The van der Waals surface area contributed by atoms with Crippen molar-refractivity contribution in [3.05, 3.63) is 71.3 Å². The predicted octanol–water partition coefficient (Wildman–Crippen LogP) is 7.64. The molecule has 1 aliphatic heterocycles. The molecule has 2 aliphatic rings. The van der Waals surface area contributed by atoms with E-state index < -0.39 is 23.0 Å². The van der Waals surface area contributed by atoms with Gasteiger partial charge in [-0.05, 0) is 73.8 Å². The van der Waals surface area contributed by atoms with E-state index in [1.165, 1.54) is 43.9 Å². The first kappa shape index (κ1) is 23.7.